The first-order valence-corrected chi connectivity index (χ1v) is 6.59. The fourth-order valence-electron chi connectivity index (χ4n) is 1.66. The molecule has 3 nitrogen and oxygen atoms in total. The average molecular weight is 265 g/mol. The summed E-state index contributed by atoms with van der Waals surface area (Å²) in [7, 11) is 0. The number of hydrogen-bond acceptors (Lipinski definition) is 3. The summed E-state index contributed by atoms with van der Waals surface area (Å²) in [5.74, 6) is -0.294. The van der Waals surface area contributed by atoms with E-state index in [-0.39, 0.29) is 5.97 Å². The maximum absolute atomic E-state index is 11.9. The SMILES string of the molecule is CCCCCOC(=O)c1ccccc1CC(N)=S. The quantitative estimate of drug-likeness (QED) is 0.468. The van der Waals surface area contributed by atoms with Gasteiger partial charge in [0.05, 0.1) is 17.2 Å². The normalized spacial score (nSPS) is 10.1. The average Bonchev–Trinajstić information content (AvgIpc) is 2.34. The lowest BCUT2D eigenvalue weighted by Crippen LogP contribution is -2.15. The van der Waals surface area contributed by atoms with Crippen LogP contribution in [0.5, 0.6) is 0 Å². The van der Waals surface area contributed by atoms with Crippen molar-refractivity contribution >= 4 is 23.2 Å². The van der Waals surface area contributed by atoms with Gasteiger partial charge in [-0.2, -0.15) is 0 Å². The third-order valence-electron chi connectivity index (χ3n) is 2.58. The maximum Gasteiger partial charge on any atom is 0.338 e. The van der Waals surface area contributed by atoms with Crippen LogP contribution in [0.3, 0.4) is 0 Å². The van der Waals surface area contributed by atoms with Gasteiger partial charge < -0.3 is 10.5 Å². The van der Waals surface area contributed by atoms with Gasteiger partial charge in [-0.05, 0) is 18.1 Å². The van der Waals surface area contributed by atoms with Crippen molar-refractivity contribution in [2.75, 3.05) is 6.61 Å². The molecule has 1 rings (SSSR count). The van der Waals surface area contributed by atoms with Gasteiger partial charge in [0, 0.05) is 6.42 Å². The minimum atomic E-state index is -0.294. The zero-order valence-electron chi connectivity index (χ0n) is 10.6. The van der Waals surface area contributed by atoms with Crippen molar-refractivity contribution in [3.8, 4) is 0 Å². The van der Waals surface area contributed by atoms with Crippen LogP contribution < -0.4 is 5.73 Å². The van der Waals surface area contributed by atoms with Crippen molar-refractivity contribution < 1.29 is 9.53 Å². The van der Waals surface area contributed by atoms with Crippen molar-refractivity contribution in [2.45, 2.75) is 32.6 Å². The zero-order chi connectivity index (χ0) is 13.4. The highest BCUT2D eigenvalue weighted by molar-refractivity contribution is 7.80. The summed E-state index contributed by atoms with van der Waals surface area (Å²) in [6.45, 7) is 2.58. The van der Waals surface area contributed by atoms with Gasteiger partial charge in [0.25, 0.3) is 0 Å². The first-order valence-electron chi connectivity index (χ1n) is 6.18. The van der Waals surface area contributed by atoms with Gasteiger partial charge in [-0.25, -0.2) is 4.79 Å². The van der Waals surface area contributed by atoms with E-state index in [0.29, 0.717) is 23.6 Å². The molecule has 0 radical (unpaired) electrons. The molecule has 0 aliphatic rings. The van der Waals surface area contributed by atoms with Gasteiger partial charge in [0.2, 0.25) is 0 Å². The molecule has 2 N–H and O–H groups in total. The van der Waals surface area contributed by atoms with E-state index in [1.165, 1.54) is 0 Å². The summed E-state index contributed by atoms with van der Waals surface area (Å²) >= 11 is 4.87. The topological polar surface area (TPSA) is 52.3 Å². The van der Waals surface area contributed by atoms with E-state index in [0.717, 1.165) is 24.8 Å². The molecular weight excluding hydrogens is 246 g/mol. The van der Waals surface area contributed by atoms with Crippen molar-refractivity contribution in [1.82, 2.24) is 0 Å². The Bertz CT molecular complexity index is 418. The van der Waals surface area contributed by atoms with Crippen LogP contribution in [0.2, 0.25) is 0 Å². The number of thiocarbonyl (C=S) groups is 1. The Morgan fingerprint density at radius 1 is 1.33 bits per heavy atom. The molecule has 0 spiro atoms. The van der Waals surface area contributed by atoms with Gasteiger partial charge in [-0.1, -0.05) is 50.2 Å². The summed E-state index contributed by atoms with van der Waals surface area (Å²) in [5, 5.41) is 0. The Morgan fingerprint density at radius 3 is 2.72 bits per heavy atom. The first-order chi connectivity index (χ1) is 8.65. The lowest BCUT2D eigenvalue weighted by Gasteiger charge is -2.08. The molecule has 18 heavy (non-hydrogen) atoms. The number of nitrogens with two attached hydrogens (primary N) is 1. The maximum atomic E-state index is 11.9. The number of hydrogen-bond donors (Lipinski definition) is 1. The van der Waals surface area contributed by atoms with Gasteiger partial charge in [0.1, 0.15) is 0 Å². The van der Waals surface area contributed by atoms with Gasteiger partial charge in [0.15, 0.2) is 0 Å². The van der Waals surface area contributed by atoms with E-state index in [9.17, 15) is 4.79 Å². The summed E-state index contributed by atoms with van der Waals surface area (Å²) in [6.07, 6.45) is 3.51. The number of benzene rings is 1. The van der Waals surface area contributed by atoms with Crippen LogP contribution in [0.4, 0.5) is 0 Å². The number of unbranched alkanes of at least 4 members (excludes halogenated alkanes) is 2. The van der Waals surface area contributed by atoms with E-state index in [1.807, 2.05) is 18.2 Å². The van der Waals surface area contributed by atoms with Crippen LogP contribution in [0, 0.1) is 0 Å². The number of esters is 1. The Labute approximate surface area is 113 Å². The Kier molecular flexibility index (Phi) is 6.36. The molecule has 1 aromatic rings. The van der Waals surface area contributed by atoms with Gasteiger partial charge in [-0.15, -0.1) is 0 Å². The minimum Gasteiger partial charge on any atom is -0.462 e. The van der Waals surface area contributed by atoms with E-state index >= 15 is 0 Å². The molecule has 4 heteroatoms. The van der Waals surface area contributed by atoms with Crippen LogP contribution in [-0.2, 0) is 11.2 Å². The fourth-order valence-corrected chi connectivity index (χ4v) is 1.81. The lowest BCUT2D eigenvalue weighted by atomic mass is 10.0. The number of ether oxygens (including phenoxy) is 1. The first kappa shape index (κ1) is 14.6. The minimum absolute atomic E-state index is 0.294. The van der Waals surface area contributed by atoms with Crippen molar-refractivity contribution in [1.29, 1.82) is 0 Å². The Balaban J connectivity index is 2.63. The Morgan fingerprint density at radius 2 is 2.06 bits per heavy atom. The highest BCUT2D eigenvalue weighted by atomic mass is 32.1. The standard InChI is InChI=1S/C14H19NO2S/c1-2-3-6-9-17-14(16)12-8-5-4-7-11(12)10-13(15)18/h4-5,7-8H,2-3,6,9-10H2,1H3,(H2,15,18). The number of rotatable bonds is 7. The molecule has 1 aromatic carbocycles. The molecular formula is C14H19NO2S. The van der Waals surface area contributed by atoms with E-state index < -0.39 is 0 Å². The molecule has 0 fully saturated rings. The molecule has 0 aliphatic heterocycles. The Hall–Kier alpha value is -1.42. The monoisotopic (exact) mass is 265 g/mol. The molecule has 0 amide bonds. The highest BCUT2D eigenvalue weighted by Gasteiger charge is 2.12. The van der Waals surface area contributed by atoms with E-state index in [2.05, 4.69) is 6.92 Å². The molecule has 98 valence electrons. The molecule has 0 heterocycles. The van der Waals surface area contributed by atoms with Crippen molar-refractivity contribution in [2.24, 2.45) is 5.73 Å². The third-order valence-corrected chi connectivity index (χ3v) is 2.73. The second kappa shape index (κ2) is 7.82. The van der Waals surface area contributed by atoms with Crippen LogP contribution in [-0.4, -0.2) is 17.6 Å². The highest BCUT2D eigenvalue weighted by Crippen LogP contribution is 2.11. The predicted octanol–water partition coefficient (Wildman–Crippen LogP) is 2.86. The zero-order valence-corrected chi connectivity index (χ0v) is 11.5. The van der Waals surface area contributed by atoms with Crippen LogP contribution in [0.15, 0.2) is 24.3 Å². The fraction of sp³-hybridized carbons (Fsp3) is 0.429. The summed E-state index contributed by atoms with van der Waals surface area (Å²) in [4.78, 5) is 12.3. The summed E-state index contributed by atoms with van der Waals surface area (Å²) in [5.41, 5.74) is 6.89. The van der Waals surface area contributed by atoms with Gasteiger partial charge >= 0.3 is 5.97 Å². The molecule has 0 saturated heterocycles. The predicted molar refractivity (Wildman–Crippen MR) is 76.7 cm³/mol. The molecule has 0 atom stereocenters. The smallest absolute Gasteiger partial charge is 0.338 e. The van der Waals surface area contributed by atoms with Crippen LogP contribution >= 0.6 is 12.2 Å². The third kappa shape index (κ3) is 4.84. The largest absolute Gasteiger partial charge is 0.462 e. The summed E-state index contributed by atoms with van der Waals surface area (Å²) in [6, 6.07) is 7.27. The molecule has 0 bridgehead atoms. The van der Waals surface area contributed by atoms with Gasteiger partial charge in [-0.3, -0.25) is 0 Å². The van der Waals surface area contributed by atoms with Crippen molar-refractivity contribution in [3.05, 3.63) is 35.4 Å². The number of carbonyl (C=O) groups is 1. The second-order valence-corrected chi connectivity index (χ2v) is 4.67. The molecule has 0 aliphatic carbocycles. The van der Waals surface area contributed by atoms with Crippen LogP contribution in [0.25, 0.3) is 0 Å². The molecule has 0 aromatic heterocycles. The van der Waals surface area contributed by atoms with Crippen LogP contribution in [0.1, 0.15) is 42.1 Å². The molecule has 0 unspecified atom stereocenters. The molecule has 0 saturated carbocycles. The second-order valence-electron chi connectivity index (χ2n) is 4.14. The number of carbonyl (C=O) groups excluding carboxylic acids is 1. The summed E-state index contributed by atoms with van der Waals surface area (Å²) < 4.78 is 5.23. The van der Waals surface area contributed by atoms with Crippen molar-refractivity contribution in [3.63, 3.8) is 0 Å². The van der Waals surface area contributed by atoms with E-state index in [1.54, 1.807) is 6.07 Å². The van der Waals surface area contributed by atoms with E-state index in [4.69, 9.17) is 22.7 Å². The lowest BCUT2D eigenvalue weighted by molar-refractivity contribution is 0.0497.